The quantitative estimate of drug-likeness (QED) is 0.750. The van der Waals surface area contributed by atoms with E-state index in [2.05, 4.69) is 15.6 Å². The summed E-state index contributed by atoms with van der Waals surface area (Å²) in [4.78, 5) is 30.3. The van der Waals surface area contributed by atoms with Crippen molar-refractivity contribution in [1.29, 1.82) is 0 Å². The molecule has 0 atom stereocenters. The molecular formula is C19H23FN4O2. The van der Waals surface area contributed by atoms with Crippen LogP contribution in [0, 0.1) is 5.82 Å². The van der Waals surface area contributed by atoms with Gasteiger partial charge in [-0.1, -0.05) is 12.1 Å². The van der Waals surface area contributed by atoms with Gasteiger partial charge < -0.3 is 15.5 Å². The minimum absolute atomic E-state index is 0.185. The molecule has 0 bridgehead atoms. The van der Waals surface area contributed by atoms with Crippen LogP contribution in [0.5, 0.6) is 0 Å². The highest BCUT2D eigenvalue weighted by molar-refractivity contribution is 5.98. The molecule has 138 valence electrons. The second-order valence-electron chi connectivity index (χ2n) is 6.12. The zero-order chi connectivity index (χ0) is 18.9. The molecule has 0 saturated carbocycles. The minimum atomic E-state index is -0.352. The van der Waals surface area contributed by atoms with E-state index < -0.39 is 0 Å². The van der Waals surface area contributed by atoms with Crippen molar-refractivity contribution < 1.29 is 14.0 Å². The number of nitrogens with zero attached hydrogens (tertiary/aromatic N) is 2. The highest BCUT2D eigenvalue weighted by atomic mass is 19.1. The lowest BCUT2D eigenvalue weighted by molar-refractivity contribution is 0.0949. The molecule has 6 nitrogen and oxygen atoms in total. The monoisotopic (exact) mass is 358 g/mol. The zero-order valence-electron chi connectivity index (χ0n) is 15.0. The Bertz CT molecular complexity index is 747. The van der Waals surface area contributed by atoms with Crippen molar-refractivity contribution in [2.24, 2.45) is 0 Å². The van der Waals surface area contributed by atoms with Gasteiger partial charge >= 0.3 is 0 Å². The van der Waals surface area contributed by atoms with Gasteiger partial charge in [-0.3, -0.25) is 14.6 Å². The van der Waals surface area contributed by atoms with Crippen molar-refractivity contribution in [3.05, 3.63) is 65.2 Å². The van der Waals surface area contributed by atoms with E-state index in [1.807, 2.05) is 19.0 Å². The maximum atomic E-state index is 12.9. The van der Waals surface area contributed by atoms with Crippen molar-refractivity contribution in [2.45, 2.75) is 6.42 Å². The van der Waals surface area contributed by atoms with Gasteiger partial charge in [0.05, 0.1) is 0 Å². The first kappa shape index (κ1) is 19.5. The Morgan fingerprint density at radius 3 is 2.42 bits per heavy atom. The van der Waals surface area contributed by atoms with Gasteiger partial charge in [0, 0.05) is 31.4 Å². The van der Waals surface area contributed by atoms with Crippen molar-refractivity contribution >= 4 is 11.8 Å². The Kier molecular flexibility index (Phi) is 7.23. The van der Waals surface area contributed by atoms with Crippen LogP contribution < -0.4 is 10.6 Å². The number of nitrogens with one attached hydrogen (secondary N) is 2. The number of amides is 2. The Labute approximate surface area is 152 Å². The molecule has 7 heteroatoms. The second kappa shape index (κ2) is 9.62. The van der Waals surface area contributed by atoms with Gasteiger partial charge in [0.2, 0.25) is 0 Å². The van der Waals surface area contributed by atoms with E-state index in [4.69, 9.17) is 0 Å². The second-order valence-corrected chi connectivity index (χ2v) is 6.12. The maximum absolute atomic E-state index is 12.9. The number of carbonyl (C=O) groups is 2. The lowest BCUT2D eigenvalue weighted by Crippen LogP contribution is -2.32. The van der Waals surface area contributed by atoms with Crippen LogP contribution in [-0.4, -0.2) is 55.4 Å². The molecule has 2 aromatic rings. The first-order valence-corrected chi connectivity index (χ1v) is 8.37. The standard InChI is InChI=1S/C19H23FN4O2/c1-24(2)12-11-23-18(25)15-8-10-21-17(13-15)19(26)22-9-7-14-3-5-16(20)6-4-14/h3-6,8,10,13H,7,9,11-12H2,1-2H3,(H,22,26)(H,23,25). The van der Waals surface area contributed by atoms with E-state index >= 15 is 0 Å². The summed E-state index contributed by atoms with van der Waals surface area (Å²) in [5, 5.41) is 5.55. The van der Waals surface area contributed by atoms with E-state index in [0.717, 1.165) is 12.1 Å². The third-order valence-corrected chi connectivity index (χ3v) is 3.71. The van der Waals surface area contributed by atoms with Crippen molar-refractivity contribution in [2.75, 3.05) is 33.7 Å². The summed E-state index contributed by atoms with van der Waals surface area (Å²) >= 11 is 0. The van der Waals surface area contributed by atoms with Crippen LogP contribution >= 0.6 is 0 Å². The van der Waals surface area contributed by atoms with Crippen LogP contribution in [0.1, 0.15) is 26.4 Å². The number of aromatic nitrogens is 1. The molecule has 0 aliphatic rings. The van der Waals surface area contributed by atoms with Gasteiger partial charge in [-0.2, -0.15) is 0 Å². The Hall–Kier alpha value is -2.80. The molecule has 1 aromatic carbocycles. The lowest BCUT2D eigenvalue weighted by atomic mass is 10.1. The predicted octanol–water partition coefficient (Wildman–Crippen LogP) is 1.48. The number of hydrogen-bond acceptors (Lipinski definition) is 4. The van der Waals surface area contributed by atoms with Crippen LogP contribution in [0.3, 0.4) is 0 Å². The number of hydrogen-bond donors (Lipinski definition) is 2. The van der Waals surface area contributed by atoms with Gasteiger partial charge in [-0.15, -0.1) is 0 Å². The van der Waals surface area contributed by atoms with E-state index in [-0.39, 0.29) is 23.3 Å². The van der Waals surface area contributed by atoms with E-state index in [0.29, 0.717) is 25.1 Å². The smallest absolute Gasteiger partial charge is 0.269 e. The zero-order valence-corrected chi connectivity index (χ0v) is 15.0. The van der Waals surface area contributed by atoms with Gasteiger partial charge in [-0.25, -0.2) is 4.39 Å². The number of likely N-dealkylation sites (N-methyl/N-ethyl adjacent to an activating group) is 1. The van der Waals surface area contributed by atoms with Crippen LogP contribution in [0.2, 0.25) is 0 Å². The fourth-order valence-corrected chi connectivity index (χ4v) is 2.25. The average molecular weight is 358 g/mol. The molecule has 1 aromatic heterocycles. The molecule has 2 N–H and O–H groups in total. The highest BCUT2D eigenvalue weighted by Gasteiger charge is 2.11. The number of pyridine rings is 1. The van der Waals surface area contributed by atoms with Gasteiger partial charge in [-0.05, 0) is 50.3 Å². The Morgan fingerprint density at radius 2 is 1.73 bits per heavy atom. The highest BCUT2D eigenvalue weighted by Crippen LogP contribution is 2.04. The number of benzene rings is 1. The van der Waals surface area contributed by atoms with E-state index in [9.17, 15) is 14.0 Å². The Morgan fingerprint density at radius 1 is 1.04 bits per heavy atom. The van der Waals surface area contributed by atoms with Crippen LogP contribution in [0.4, 0.5) is 4.39 Å². The van der Waals surface area contributed by atoms with Crippen LogP contribution in [0.25, 0.3) is 0 Å². The Balaban J connectivity index is 1.86. The topological polar surface area (TPSA) is 74.3 Å². The molecular weight excluding hydrogens is 335 g/mol. The normalized spacial score (nSPS) is 10.6. The summed E-state index contributed by atoms with van der Waals surface area (Å²) < 4.78 is 12.9. The predicted molar refractivity (Wildman–Crippen MR) is 97.6 cm³/mol. The molecule has 0 spiro atoms. The summed E-state index contributed by atoms with van der Waals surface area (Å²) in [6, 6.07) is 9.17. The summed E-state index contributed by atoms with van der Waals surface area (Å²) in [5.74, 6) is -0.882. The summed E-state index contributed by atoms with van der Waals surface area (Å²) in [5.41, 5.74) is 1.50. The minimum Gasteiger partial charge on any atom is -0.351 e. The summed E-state index contributed by atoms with van der Waals surface area (Å²) in [6.07, 6.45) is 2.02. The number of rotatable bonds is 8. The van der Waals surface area contributed by atoms with Crippen molar-refractivity contribution in [1.82, 2.24) is 20.5 Å². The first-order valence-electron chi connectivity index (χ1n) is 8.37. The fourth-order valence-electron chi connectivity index (χ4n) is 2.25. The summed E-state index contributed by atoms with van der Waals surface area (Å²) in [6.45, 7) is 1.65. The van der Waals surface area contributed by atoms with E-state index in [1.54, 1.807) is 18.2 Å². The van der Waals surface area contributed by atoms with E-state index in [1.165, 1.54) is 24.4 Å². The van der Waals surface area contributed by atoms with Crippen molar-refractivity contribution in [3.63, 3.8) is 0 Å². The molecule has 1 heterocycles. The van der Waals surface area contributed by atoms with Crippen LogP contribution in [0.15, 0.2) is 42.6 Å². The first-order chi connectivity index (χ1) is 12.5. The third-order valence-electron chi connectivity index (χ3n) is 3.71. The number of halogens is 1. The molecule has 0 radical (unpaired) electrons. The molecule has 2 amide bonds. The molecule has 0 aliphatic heterocycles. The van der Waals surface area contributed by atoms with Gasteiger partial charge in [0.15, 0.2) is 0 Å². The average Bonchev–Trinajstić information content (AvgIpc) is 2.63. The molecule has 0 saturated heterocycles. The maximum Gasteiger partial charge on any atom is 0.269 e. The largest absolute Gasteiger partial charge is 0.351 e. The molecule has 0 unspecified atom stereocenters. The van der Waals surface area contributed by atoms with Crippen LogP contribution in [-0.2, 0) is 6.42 Å². The molecule has 0 fully saturated rings. The van der Waals surface area contributed by atoms with Gasteiger partial charge in [0.25, 0.3) is 11.8 Å². The van der Waals surface area contributed by atoms with Gasteiger partial charge in [0.1, 0.15) is 11.5 Å². The lowest BCUT2D eigenvalue weighted by Gasteiger charge is -2.11. The number of carbonyl (C=O) groups excluding carboxylic acids is 2. The molecule has 26 heavy (non-hydrogen) atoms. The SMILES string of the molecule is CN(C)CCNC(=O)c1ccnc(C(=O)NCCc2ccc(F)cc2)c1. The molecule has 2 rings (SSSR count). The summed E-state index contributed by atoms with van der Waals surface area (Å²) in [7, 11) is 3.85. The fraction of sp³-hybridized carbons (Fsp3) is 0.316. The van der Waals surface area contributed by atoms with Crippen molar-refractivity contribution in [3.8, 4) is 0 Å². The molecule has 0 aliphatic carbocycles. The third kappa shape index (κ3) is 6.25.